The van der Waals surface area contributed by atoms with E-state index in [-0.39, 0.29) is 0 Å². The Morgan fingerprint density at radius 1 is 1.08 bits per heavy atom. The zero-order chi connectivity index (χ0) is 8.39. The van der Waals surface area contributed by atoms with Gasteiger partial charge in [-0.25, -0.2) is 0 Å². The van der Waals surface area contributed by atoms with E-state index in [1.807, 2.05) is 24.3 Å². The molecule has 1 heterocycles. The predicted molar refractivity (Wildman–Crippen MR) is 54.1 cm³/mol. The van der Waals surface area contributed by atoms with E-state index < -0.39 is 0 Å². The molecule has 0 aliphatic heterocycles. The lowest BCUT2D eigenvalue weighted by Gasteiger charge is -2.00. The van der Waals surface area contributed by atoms with E-state index in [9.17, 15) is 0 Å². The van der Waals surface area contributed by atoms with E-state index in [4.69, 9.17) is 0 Å². The van der Waals surface area contributed by atoms with E-state index in [2.05, 4.69) is 32.8 Å². The fourth-order valence-electron chi connectivity index (χ4n) is 0.954. The minimum absolute atomic E-state index is 1.02. The van der Waals surface area contributed by atoms with E-state index in [0.29, 0.717) is 0 Å². The van der Waals surface area contributed by atoms with Crippen molar-refractivity contribution >= 4 is 22.6 Å². The van der Waals surface area contributed by atoms with Crippen LogP contribution in [0.3, 0.4) is 0 Å². The highest BCUT2D eigenvalue weighted by Crippen LogP contribution is 2.13. The van der Waals surface area contributed by atoms with Crippen LogP contribution in [-0.2, 0) is 0 Å². The Bertz CT molecular complexity index is 370. The normalized spacial score (nSPS) is 10.1. The van der Waals surface area contributed by atoms with Crippen LogP contribution in [0.2, 0.25) is 0 Å². The average molecular weight is 271 g/mol. The molecule has 0 bridgehead atoms. The molecule has 0 atom stereocenters. The average Bonchev–Trinajstić information content (AvgIpc) is 2.57. The minimum Gasteiger partial charge on any atom is -0.157 e. The zero-order valence-corrected chi connectivity index (χ0v) is 8.34. The number of nitrogens with zero attached hydrogens (tertiary/aromatic N) is 3. The van der Waals surface area contributed by atoms with E-state index in [0.717, 1.165) is 9.26 Å². The highest BCUT2D eigenvalue weighted by atomic mass is 127. The molecule has 0 saturated carbocycles. The summed E-state index contributed by atoms with van der Waals surface area (Å²) in [6.07, 6.45) is 3.34. The Hall–Kier alpha value is -0.910. The molecule has 0 unspecified atom stereocenters. The molecule has 0 fully saturated rings. The van der Waals surface area contributed by atoms with Crippen LogP contribution < -0.4 is 0 Å². The first kappa shape index (κ1) is 7.72. The molecule has 0 saturated heterocycles. The van der Waals surface area contributed by atoms with Crippen molar-refractivity contribution in [1.82, 2.24) is 15.0 Å². The van der Waals surface area contributed by atoms with Crippen molar-refractivity contribution in [3.05, 3.63) is 40.2 Å². The zero-order valence-electron chi connectivity index (χ0n) is 6.18. The minimum atomic E-state index is 1.02. The summed E-state index contributed by atoms with van der Waals surface area (Å²) in [5, 5.41) is 8.10. The summed E-state index contributed by atoms with van der Waals surface area (Å²) in [5.41, 5.74) is 1.02. The number of hydrogen-bond acceptors (Lipinski definition) is 2. The number of rotatable bonds is 1. The van der Waals surface area contributed by atoms with Gasteiger partial charge in [0.25, 0.3) is 0 Å². The second-order valence-electron chi connectivity index (χ2n) is 2.27. The first-order valence-corrected chi connectivity index (χ1v) is 4.57. The molecule has 3 nitrogen and oxygen atoms in total. The van der Waals surface area contributed by atoms with E-state index in [1.165, 1.54) is 0 Å². The van der Waals surface area contributed by atoms with Crippen molar-refractivity contribution in [1.29, 1.82) is 0 Å². The number of benzene rings is 1. The highest BCUT2D eigenvalue weighted by Gasteiger charge is 2.00. The van der Waals surface area contributed by atoms with Gasteiger partial charge in [-0.15, -0.1) is 0 Å². The van der Waals surface area contributed by atoms with Crippen molar-refractivity contribution in [3.8, 4) is 5.69 Å². The standard InChI is InChI=1S/C8H6IN3/c9-7-3-1-2-4-8(7)12-10-5-6-11-12/h1-6H. The van der Waals surface area contributed by atoms with Gasteiger partial charge in [-0.05, 0) is 34.7 Å². The Balaban J connectivity index is 2.55. The van der Waals surface area contributed by atoms with Gasteiger partial charge in [-0.3, -0.25) is 0 Å². The smallest absolute Gasteiger partial charge is 0.0989 e. The van der Waals surface area contributed by atoms with Crippen molar-refractivity contribution in [2.45, 2.75) is 0 Å². The SMILES string of the molecule is Ic1ccccc1-n1nccn1. The molecular formula is C8H6IN3. The van der Waals surface area contributed by atoms with Crippen molar-refractivity contribution in [2.24, 2.45) is 0 Å². The van der Waals surface area contributed by atoms with Gasteiger partial charge in [0.1, 0.15) is 0 Å². The van der Waals surface area contributed by atoms with Crippen LogP contribution >= 0.6 is 22.6 Å². The monoisotopic (exact) mass is 271 g/mol. The third-order valence-electron chi connectivity index (χ3n) is 1.49. The Morgan fingerprint density at radius 2 is 1.75 bits per heavy atom. The van der Waals surface area contributed by atoms with Gasteiger partial charge < -0.3 is 0 Å². The fourth-order valence-corrected chi connectivity index (χ4v) is 1.56. The topological polar surface area (TPSA) is 30.7 Å². The number of para-hydroxylation sites is 1. The largest absolute Gasteiger partial charge is 0.157 e. The van der Waals surface area contributed by atoms with E-state index >= 15 is 0 Å². The van der Waals surface area contributed by atoms with Crippen LogP contribution in [-0.4, -0.2) is 15.0 Å². The van der Waals surface area contributed by atoms with Gasteiger partial charge in [0.2, 0.25) is 0 Å². The Labute approximate surface area is 83.5 Å². The van der Waals surface area contributed by atoms with Gasteiger partial charge in [0, 0.05) is 3.57 Å². The molecule has 0 aliphatic carbocycles. The molecule has 1 aromatic heterocycles. The maximum absolute atomic E-state index is 4.05. The lowest BCUT2D eigenvalue weighted by atomic mass is 10.3. The second kappa shape index (κ2) is 3.22. The van der Waals surface area contributed by atoms with Crippen LogP contribution in [0.4, 0.5) is 0 Å². The fraction of sp³-hybridized carbons (Fsp3) is 0. The number of halogens is 1. The van der Waals surface area contributed by atoms with Crippen LogP contribution in [0.15, 0.2) is 36.7 Å². The molecule has 0 N–H and O–H groups in total. The van der Waals surface area contributed by atoms with Gasteiger partial charge in [-0.1, -0.05) is 12.1 Å². The van der Waals surface area contributed by atoms with Gasteiger partial charge in [-0.2, -0.15) is 15.0 Å². The number of hydrogen-bond donors (Lipinski definition) is 0. The molecule has 60 valence electrons. The summed E-state index contributed by atoms with van der Waals surface area (Å²) in [6.45, 7) is 0. The summed E-state index contributed by atoms with van der Waals surface area (Å²) in [6, 6.07) is 7.98. The second-order valence-corrected chi connectivity index (χ2v) is 3.43. The summed E-state index contributed by atoms with van der Waals surface area (Å²) >= 11 is 2.26. The van der Waals surface area contributed by atoms with Crippen LogP contribution in [0.5, 0.6) is 0 Å². The predicted octanol–water partition coefficient (Wildman–Crippen LogP) is 1.87. The van der Waals surface area contributed by atoms with Crippen LogP contribution in [0, 0.1) is 3.57 Å². The molecular weight excluding hydrogens is 265 g/mol. The maximum Gasteiger partial charge on any atom is 0.0989 e. The lowest BCUT2D eigenvalue weighted by molar-refractivity contribution is 0.748. The molecule has 12 heavy (non-hydrogen) atoms. The first-order valence-electron chi connectivity index (χ1n) is 3.49. The van der Waals surface area contributed by atoms with Crippen LogP contribution in [0.25, 0.3) is 5.69 Å². The molecule has 1 aromatic carbocycles. The highest BCUT2D eigenvalue weighted by molar-refractivity contribution is 14.1. The third kappa shape index (κ3) is 1.34. The third-order valence-corrected chi connectivity index (χ3v) is 2.40. The summed E-state index contributed by atoms with van der Waals surface area (Å²) < 4.78 is 1.14. The van der Waals surface area contributed by atoms with Gasteiger partial charge in [0.15, 0.2) is 0 Å². The Morgan fingerprint density at radius 3 is 2.42 bits per heavy atom. The maximum atomic E-state index is 4.05. The molecule has 0 spiro atoms. The molecule has 4 heteroatoms. The quantitative estimate of drug-likeness (QED) is 0.741. The molecule has 0 radical (unpaired) electrons. The van der Waals surface area contributed by atoms with Crippen molar-refractivity contribution in [2.75, 3.05) is 0 Å². The van der Waals surface area contributed by atoms with Crippen molar-refractivity contribution < 1.29 is 0 Å². The van der Waals surface area contributed by atoms with Gasteiger partial charge >= 0.3 is 0 Å². The number of aromatic nitrogens is 3. The summed E-state index contributed by atoms with van der Waals surface area (Å²) in [4.78, 5) is 1.61. The van der Waals surface area contributed by atoms with Crippen LogP contribution in [0.1, 0.15) is 0 Å². The molecule has 2 aromatic rings. The Kier molecular flexibility index (Phi) is 2.07. The molecule has 0 amide bonds. The lowest BCUT2D eigenvalue weighted by Crippen LogP contribution is -1.99. The summed E-state index contributed by atoms with van der Waals surface area (Å²) in [5.74, 6) is 0. The molecule has 0 aliphatic rings. The first-order chi connectivity index (χ1) is 5.88. The van der Waals surface area contributed by atoms with Gasteiger partial charge in [0.05, 0.1) is 18.1 Å². The molecule has 2 rings (SSSR count). The summed E-state index contributed by atoms with van der Waals surface area (Å²) in [7, 11) is 0. The van der Waals surface area contributed by atoms with Crippen molar-refractivity contribution in [3.63, 3.8) is 0 Å². The van der Waals surface area contributed by atoms with E-state index in [1.54, 1.807) is 17.2 Å².